The molecule has 4 aromatic rings. The Bertz CT molecular complexity index is 1130. The number of thioether (sulfide) groups is 1. The van der Waals surface area contributed by atoms with E-state index < -0.39 is 0 Å². The van der Waals surface area contributed by atoms with E-state index in [-0.39, 0.29) is 11.0 Å². The number of nitrogens with one attached hydrogen (secondary N) is 1. The molecule has 0 aliphatic heterocycles. The largest absolute Gasteiger partial charge is 0.411 e. The first-order valence-electron chi connectivity index (χ1n) is 8.72. The molecular weight excluding hydrogens is 358 g/mol. The monoisotopic (exact) mass is 377 g/mol. The number of nitrogens with zero attached hydrogens (tertiary/aromatic N) is 2. The van der Waals surface area contributed by atoms with Crippen LogP contribution in [0.2, 0.25) is 0 Å². The molecule has 1 N–H and O–H groups in total. The van der Waals surface area contributed by atoms with Crippen molar-refractivity contribution in [2.24, 2.45) is 0 Å². The first kappa shape index (κ1) is 17.5. The Morgan fingerprint density at radius 2 is 1.81 bits per heavy atom. The SMILES string of the molecule is Cc1ccccc1-c1nnc(S[C@@H](C)C(=O)c2c(C)[nH]c3ccccc23)o1. The molecule has 5 nitrogen and oxygen atoms in total. The van der Waals surface area contributed by atoms with Gasteiger partial charge in [0.05, 0.1) is 5.25 Å². The van der Waals surface area contributed by atoms with E-state index in [1.165, 1.54) is 11.8 Å². The van der Waals surface area contributed by atoms with Crippen molar-refractivity contribution in [3.8, 4) is 11.5 Å². The van der Waals surface area contributed by atoms with Crippen LogP contribution in [0.1, 0.15) is 28.5 Å². The number of hydrogen-bond donors (Lipinski definition) is 1. The summed E-state index contributed by atoms with van der Waals surface area (Å²) < 4.78 is 5.79. The molecule has 2 aromatic carbocycles. The fraction of sp³-hybridized carbons (Fsp3) is 0.190. The zero-order valence-corrected chi connectivity index (χ0v) is 16.1. The van der Waals surface area contributed by atoms with Crippen LogP contribution in [-0.2, 0) is 0 Å². The number of ketones is 1. The summed E-state index contributed by atoms with van der Waals surface area (Å²) in [7, 11) is 0. The first-order valence-corrected chi connectivity index (χ1v) is 9.60. The van der Waals surface area contributed by atoms with Crippen molar-refractivity contribution in [3.05, 3.63) is 65.4 Å². The molecule has 2 heterocycles. The fourth-order valence-electron chi connectivity index (χ4n) is 3.18. The zero-order valence-electron chi connectivity index (χ0n) is 15.3. The van der Waals surface area contributed by atoms with E-state index >= 15 is 0 Å². The van der Waals surface area contributed by atoms with Crippen molar-refractivity contribution in [2.45, 2.75) is 31.2 Å². The minimum Gasteiger partial charge on any atom is -0.411 e. The number of Topliss-reactive ketones (excluding diaryl/α,β-unsaturated/α-hetero) is 1. The van der Waals surface area contributed by atoms with Crippen molar-refractivity contribution < 1.29 is 9.21 Å². The maximum Gasteiger partial charge on any atom is 0.277 e. The van der Waals surface area contributed by atoms with Crippen molar-refractivity contribution in [2.75, 3.05) is 0 Å². The lowest BCUT2D eigenvalue weighted by Gasteiger charge is -2.07. The van der Waals surface area contributed by atoms with Gasteiger partial charge in [-0.1, -0.05) is 48.2 Å². The third-order valence-electron chi connectivity index (χ3n) is 4.57. The van der Waals surface area contributed by atoms with Crippen LogP contribution >= 0.6 is 11.8 Å². The lowest BCUT2D eigenvalue weighted by atomic mass is 10.1. The zero-order chi connectivity index (χ0) is 19.0. The average Bonchev–Trinajstić information content (AvgIpc) is 3.25. The average molecular weight is 377 g/mol. The van der Waals surface area contributed by atoms with E-state index in [4.69, 9.17) is 4.42 Å². The highest BCUT2D eigenvalue weighted by molar-refractivity contribution is 8.00. The Morgan fingerprint density at radius 3 is 2.63 bits per heavy atom. The Morgan fingerprint density at radius 1 is 1.07 bits per heavy atom. The van der Waals surface area contributed by atoms with Crippen LogP contribution in [0.15, 0.2) is 58.2 Å². The number of aryl methyl sites for hydroxylation is 2. The molecular formula is C21H19N3O2S. The van der Waals surface area contributed by atoms with Crippen molar-refractivity contribution in [3.63, 3.8) is 0 Å². The summed E-state index contributed by atoms with van der Waals surface area (Å²) in [6, 6.07) is 15.7. The van der Waals surface area contributed by atoms with Gasteiger partial charge in [-0.15, -0.1) is 10.2 Å². The van der Waals surface area contributed by atoms with Crippen LogP contribution in [0.5, 0.6) is 0 Å². The van der Waals surface area contributed by atoms with E-state index in [2.05, 4.69) is 15.2 Å². The van der Waals surface area contributed by atoms with Gasteiger partial charge >= 0.3 is 0 Å². The summed E-state index contributed by atoms with van der Waals surface area (Å²) in [5.41, 5.74) is 4.54. The van der Waals surface area contributed by atoms with Gasteiger partial charge in [-0.05, 0) is 38.5 Å². The number of aromatic amines is 1. The topological polar surface area (TPSA) is 71.8 Å². The van der Waals surface area contributed by atoms with Crippen LogP contribution in [0.3, 0.4) is 0 Å². The number of aromatic nitrogens is 3. The van der Waals surface area contributed by atoms with Gasteiger partial charge in [-0.3, -0.25) is 4.79 Å². The quantitative estimate of drug-likeness (QED) is 0.382. The van der Waals surface area contributed by atoms with Gasteiger partial charge in [0.25, 0.3) is 5.22 Å². The second kappa shape index (κ2) is 7.04. The lowest BCUT2D eigenvalue weighted by Crippen LogP contribution is -2.14. The van der Waals surface area contributed by atoms with Crippen LogP contribution in [0, 0.1) is 13.8 Å². The molecule has 0 aliphatic carbocycles. The summed E-state index contributed by atoms with van der Waals surface area (Å²) in [6.07, 6.45) is 0. The third kappa shape index (κ3) is 3.28. The Kier molecular flexibility index (Phi) is 4.58. The number of hydrogen-bond acceptors (Lipinski definition) is 5. The number of carbonyl (C=O) groups excluding carboxylic acids is 1. The molecule has 0 amide bonds. The fourth-order valence-corrected chi connectivity index (χ4v) is 3.92. The van der Waals surface area contributed by atoms with Crippen molar-refractivity contribution >= 4 is 28.4 Å². The highest BCUT2D eigenvalue weighted by Gasteiger charge is 2.24. The van der Waals surface area contributed by atoms with E-state index in [1.807, 2.05) is 69.3 Å². The summed E-state index contributed by atoms with van der Waals surface area (Å²) >= 11 is 1.28. The Labute approximate surface area is 161 Å². The summed E-state index contributed by atoms with van der Waals surface area (Å²) in [5.74, 6) is 0.518. The second-order valence-corrected chi connectivity index (χ2v) is 7.78. The molecule has 0 aliphatic rings. The standard InChI is InChI=1S/C21H19N3O2S/c1-12-8-4-5-9-15(12)20-23-24-21(26-20)27-14(3)19(25)18-13(2)22-17-11-7-6-10-16(17)18/h4-11,14,22H,1-3H3/t14-/m0/s1. The van der Waals surface area contributed by atoms with Crippen LogP contribution < -0.4 is 0 Å². The van der Waals surface area contributed by atoms with E-state index in [9.17, 15) is 4.79 Å². The number of rotatable bonds is 5. The van der Waals surface area contributed by atoms with E-state index in [0.29, 0.717) is 11.1 Å². The predicted molar refractivity (Wildman–Crippen MR) is 107 cm³/mol. The van der Waals surface area contributed by atoms with Gasteiger partial charge < -0.3 is 9.40 Å². The van der Waals surface area contributed by atoms with Crippen molar-refractivity contribution in [1.82, 2.24) is 15.2 Å². The molecule has 136 valence electrons. The van der Waals surface area contributed by atoms with Gasteiger partial charge in [0.2, 0.25) is 5.89 Å². The minimum absolute atomic E-state index is 0.0468. The molecule has 0 unspecified atom stereocenters. The van der Waals surface area contributed by atoms with Crippen LogP contribution in [-0.4, -0.2) is 26.2 Å². The van der Waals surface area contributed by atoms with Crippen LogP contribution in [0.4, 0.5) is 0 Å². The van der Waals surface area contributed by atoms with Gasteiger partial charge in [0.15, 0.2) is 5.78 Å². The maximum absolute atomic E-state index is 13.0. The smallest absolute Gasteiger partial charge is 0.277 e. The number of carbonyl (C=O) groups is 1. The molecule has 6 heteroatoms. The predicted octanol–water partition coefficient (Wildman–Crippen LogP) is 5.20. The molecule has 0 saturated heterocycles. The molecule has 0 saturated carbocycles. The van der Waals surface area contributed by atoms with Crippen molar-refractivity contribution in [1.29, 1.82) is 0 Å². The maximum atomic E-state index is 13.0. The second-order valence-electron chi connectivity index (χ2n) is 6.48. The van der Waals surface area contributed by atoms with Gasteiger partial charge in [-0.2, -0.15) is 0 Å². The summed E-state index contributed by atoms with van der Waals surface area (Å²) in [6.45, 7) is 5.79. The number of fused-ring (bicyclic) bond motifs is 1. The van der Waals surface area contributed by atoms with E-state index in [0.717, 1.165) is 33.3 Å². The molecule has 0 spiro atoms. The molecule has 4 rings (SSSR count). The Hall–Kier alpha value is -2.86. The Balaban J connectivity index is 1.57. The highest BCUT2D eigenvalue weighted by Crippen LogP contribution is 2.31. The third-order valence-corrected chi connectivity index (χ3v) is 5.50. The molecule has 2 aromatic heterocycles. The number of benzene rings is 2. The molecule has 0 bridgehead atoms. The highest BCUT2D eigenvalue weighted by atomic mass is 32.2. The van der Waals surface area contributed by atoms with Gasteiger partial charge in [-0.25, -0.2) is 0 Å². The van der Waals surface area contributed by atoms with Crippen LogP contribution in [0.25, 0.3) is 22.4 Å². The lowest BCUT2D eigenvalue weighted by molar-refractivity contribution is 0.0994. The molecule has 0 fully saturated rings. The normalized spacial score (nSPS) is 12.4. The first-order chi connectivity index (χ1) is 13.0. The van der Waals surface area contributed by atoms with E-state index in [1.54, 1.807) is 0 Å². The molecule has 27 heavy (non-hydrogen) atoms. The summed E-state index contributed by atoms with van der Waals surface area (Å²) in [4.78, 5) is 16.3. The van der Waals surface area contributed by atoms with Gasteiger partial charge in [0, 0.05) is 27.7 Å². The minimum atomic E-state index is -0.340. The number of para-hydroxylation sites is 1. The summed E-state index contributed by atoms with van der Waals surface area (Å²) in [5, 5.41) is 9.24. The molecule has 1 atom stereocenters. The van der Waals surface area contributed by atoms with Gasteiger partial charge in [0.1, 0.15) is 0 Å². The molecule has 0 radical (unpaired) electrons. The number of H-pyrrole nitrogens is 1.